The maximum atomic E-state index is 12.6. The zero-order valence-electron chi connectivity index (χ0n) is 13.3. The van der Waals surface area contributed by atoms with Crippen LogP contribution in [-0.2, 0) is 9.59 Å². The lowest BCUT2D eigenvalue weighted by Gasteiger charge is -2.23. The smallest absolute Gasteiger partial charge is 0.249 e. The fourth-order valence-corrected chi connectivity index (χ4v) is 4.15. The lowest BCUT2D eigenvalue weighted by Crippen LogP contribution is -2.43. The van der Waals surface area contributed by atoms with Crippen molar-refractivity contribution in [1.82, 2.24) is 10.6 Å². The second-order valence-corrected chi connectivity index (χ2v) is 7.04. The van der Waals surface area contributed by atoms with Gasteiger partial charge in [-0.3, -0.25) is 9.59 Å². The molecule has 2 saturated heterocycles. The van der Waals surface area contributed by atoms with Crippen LogP contribution in [0.2, 0.25) is 0 Å². The molecule has 3 fully saturated rings. The Morgan fingerprint density at radius 3 is 2.70 bits per heavy atom. The molecule has 23 heavy (non-hydrogen) atoms. The molecule has 2 N–H and O–H groups in total. The molecule has 4 rings (SSSR count). The van der Waals surface area contributed by atoms with Gasteiger partial charge in [-0.1, -0.05) is 18.2 Å². The van der Waals surface area contributed by atoms with Crippen LogP contribution in [0.3, 0.4) is 0 Å². The minimum Gasteiger partial charge on any atom is -0.344 e. The summed E-state index contributed by atoms with van der Waals surface area (Å²) in [6.45, 7) is 2.69. The predicted octanol–water partition coefficient (Wildman–Crippen LogP) is 1.30. The largest absolute Gasteiger partial charge is 0.344 e. The SMILES string of the molecule is O=C(NC1CCN(c2ccccc2)C1=O)C1CC12CCNCC2. The van der Waals surface area contributed by atoms with Crippen molar-refractivity contribution in [3.63, 3.8) is 0 Å². The van der Waals surface area contributed by atoms with E-state index in [-0.39, 0.29) is 29.2 Å². The third-order valence-electron chi connectivity index (χ3n) is 5.70. The van der Waals surface area contributed by atoms with Gasteiger partial charge in [0.15, 0.2) is 0 Å². The van der Waals surface area contributed by atoms with E-state index in [0.29, 0.717) is 13.0 Å². The van der Waals surface area contributed by atoms with E-state index in [0.717, 1.165) is 38.0 Å². The van der Waals surface area contributed by atoms with E-state index in [1.165, 1.54) is 0 Å². The Bertz CT molecular complexity index is 610. The van der Waals surface area contributed by atoms with Crippen LogP contribution in [0.4, 0.5) is 5.69 Å². The van der Waals surface area contributed by atoms with Crippen molar-refractivity contribution in [2.75, 3.05) is 24.5 Å². The molecule has 0 radical (unpaired) electrons. The van der Waals surface area contributed by atoms with Gasteiger partial charge in [-0.2, -0.15) is 0 Å². The Labute approximate surface area is 136 Å². The van der Waals surface area contributed by atoms with Crippen molar-refractivity contribution in [3.05, 3.63) is 30.3 Å². The number of benzene rings is 1. The highest BCUT2D eigenvalue weighted by atomic mass is 16.2. The summed E-state index contributed by atoms with van der Waals surface area (Å²) in [5.74, 6) is 0.216. The topological polar surface area (TPSA) is 61.4 Å². The summed E-state index contributed by atoms with van der Waals surface area (Å²) >= 11 is 0. The molecule has 0 aromatic heterocycles. The molecule has 1 spiro atoms. The van der Waals surface area contributed by atoms with Gasteiger partial charge in [0.2, 0.25) is 11.8 Å². The van der Waals surface area contributed by atoms with Crippen molar-refractivity contribution in [2.24, 2.45) is 11.3 Å². The molecule has 5 nitrogen and oxygen atoms in total. The van der Waals surface area contributed by atoms with Crippen molar-refractivity contribution in [2.45, 2.75) is 31.7 Å². The number of hydrogen-bond acceptors (Lipinski definition) is 3. The Morgan fingerprint density at radius 1 is 1.22 bits per heavy atom. The molecule has 0 bridgehead atoms. The highest BCUT2D eigenvalue weighted by Gasteiger charge is 2.58. The summed E-state index contributed by atoms with van der Waals surface area (Å²) in [6.07, 6.45) is 3.85. The molecule has 122 valence electrons. The van der Waals surface area contributed by atoms with Gasteiger partial charge in [0.05, 0.1) is 0 Å². The quantitative estimate of drug-likeness (QED) is 0.884. The number of hydrogen-bond donors (Lipinski definition) is 2. The van der Waals surface area contributed by atoms with Gasteiger partial charge >= 0.3 is 0 Å². The maximum Gasteiger partial charge on any atom is 0.249 e. The zero-order chi connectivity index (χ0) is 15.9. The van der Waals surface area contributed by atoms with Crippen LogP contribution in [0.1, 0.15) is 25.7 Å². The Morgan fingerprint density at radius 2 is 1.96 bits per heavy atom. The molecule has 2 amide bonds. The van der Waals surface area contributed by atoms with Crippen LogP contribution in [0.15, 0.2) is 30.3 Å². The number of carbonyl (C=O) groups excluding carboxylic acids is 2. The Balaban J connectivity index is 1.37. The van der Waals surface area contributed by atoms with Crippen molar-refractivity contribution in [1.29, 1.82) is 0 Å². The fraction of sp³-hybridized carbons (Fsp3) is 0.556. The van der Waals surface area contributed by atoms with E-state index in [1.54, 1.807) is 4.90 Å². The lowest BCUT2D eigenvalue weighted by atomic mass is 9.91. The second-order valence-electron chi connectivity index (χ2n) is 7.04. The van der Waals surface area contributed by atoms with Crippen molar-refractivity contribution in [3.8, 4) is 0 Å². The van der Waals surface area contributed by atoms with Crippen LogP contribution >= 0.6 is 0 Å². The number of anilines is 1. The number of carbonyl (C=O) groups is 2. The highest BCUT2D eigenvalue weighted by molar-refractivity contribution is 6.01. The van der Waals surface area contributed by atoms with Crippen molar-refractivity contribution >= 4 is 17.5 Å². The van der Waals surface area contributed by atoms with Crippen LogP contribution in [0.5, 0.6) is 0 Å². The standard InChI is InChI=1S/C18H23N3O2/c22-16(14-12-18(14)7-9-19-10-8-18)20-15-6-11-21(17(15)23)13-4-2-1-3-5-13/h1-5,14-15,19H,6-12H2,(H,20,22). The van der Waals surface area contributed by atoms with Crippen LogP contribution in [-0.4, -0.2) is 37.5 Å². The third-order valence-corrected chi connectivity index (χ3v) is 5.70. The molecule has 1 saturated carbocycles. The number of amides is 2. The number of nitrogens with one attached hydrogen (secondary N) is 2. The summed E-state index contributed by atoms with van der Waals surface area (Å²) in [6, 6.07) is 9.32. The van der Waals surface area contributed by atoms with Gasteiger partial charge in [-0.05, 0) is 56.3 Å². The van der Waals surface area contributed by atoms with Gasteiger partial charge in [-0.25, -0.2) is 0 Å². The Kier molecular flexibility index (Phi) is 3.60. The second kappa shape index (κ2) is 5.64. The predicted molar refractivity (Wildman–Crippen MR) is 88.0 cm³/mol. The minimum absolute atomic E-state index is 0.0181. The van der Waals surface area contributed by atoms with E-state index in [9.17, 15) is 9.59 Å². The van der Waals surface area contributed by atoms with E-state index in [4.69, 9.17) is 0 Å². The first-order valence-corrected chi connectivity index (χ1v) is 8.57. The average Bonchev–Trinajstić information content (AvgIpc) is 3.16. The van der Waals surface area contributed by atoms with E-state index < -0.39 is 0 Å². The normalized spacial score (nSPS) is 28.9. The molecular formula is C18H23N3O2. The third kappa shape index (κ3) is 2.63. The lowest BCUT2D eigenvalue weighted by molar-refractivity contribution is -0.127. The van der Waals surface area contributed by atoms with E-state index in [2.05, 4.69) is 10.6 Å². The monoisotopic (exact) mass is 313 g/mol. The van der Waals surface area contributed by atoms with Gasteiger partial charge in [0.1, 0.15) is 6.04 Å². The molecule has 1 aromatic rings. The molecule has 2 atom stereocenters. The number of nitrogens with zero attached hydrogens (tertiary/aromatic N) is 1. The van der Waals surface area contributed by atoms with Gasteiger partial charge in [0.25, 0.3) is 0 Å². The molecule has 2 unspecified atom stereocenters. The van der Waals surface area contributed by atoms with Crippen LogP contribution in [0.25, 0.3) is 0 Å². The number of para-hydroxylation sites is 1. The molecule has 1 aliphatic carbocycles. The Hall–Kier alpha value is -1.88. The molecule has 3 aliphatic rings. The first-order chi connectivity index (χ1) is 11.2. The zero-order valence-corrected chi connectivity index (χ0v) is 13.3. The van der Waals surface area contributed by atoms with Gasteiger partial charge < -0.3 is 15.5 Å². The molecule has 2 aliphatic heterocycles. The fourth-order valence-electron chi connectivity index (χ4n) is 4.15. The number of piperidine rings is 1. The summed E-state index contributed by atoms with van der Waals surface area (Å²) in [5, 5.41) is 6.36. The first kappa shape index (κ1) is 14.7. The molecule has 5 heteroatoms. The highest BCUT2D eigenvalue weighted by Crippen LogP contribution is 2.58. The molecular weight excluding hydrogens is 290 g/mol. The summed E-state index contributed by atoms with van der Waals surface area (Å²) in [4.78, 5) is 26.9. The maximum absolute atomic E-state index is 12.6. The van der Waals surface area contributed by atoms with Crippen LogP contribution in [0, 0.1) is 11.3 Å². The van der Waals surface area contributed by atoms with Crippen LogP contribution < -0.4 is 15.5 Å². The average molecular weight is 313 g/mol. The van der Waals surface area contributed by atoms with E-state index in [1.807, 2.05) is 30.3 Å². The van der Waals surface area contributed by atoms with E-state index >= 15 is 0 Å². The number of rotatable bonds is 3. The molecule has 2 heterocycles. The minimum atomic E-state index is -0.359. The molecule has 1 aromatic carbocycles. The summed E-state index contributed by atoms with van der Waals surface area (Å²) in [5.41, 5.74) is 1.13. The van der Waals surface area contributed by atoms with Gasteiger partial charge in [0, 0.05) is 18.2 Å². The van der Waals surface area contributed by atoms with Crippen molar-refractivity contribution < 1.29 is 9.59 Å². The summed E-state index contributed by atoms with van der Waals surface area (Å²) < 4.78 is 0. The summed E-state index contributed by atoms with van der Waals surface area (Å²) in [7, 11) is 0. The first-order valence-electron chi connectivity index (χ1n) is 8.57. The van der Waals surface area contributed by atoms with Gasteiger partial charge in [-0.15, -0.1) is 0 Å².